The molecule has 8 heteroatoms. The van der Waals surface area contributed by atoms with Crippen molar-refractivity contribution in [3.8, 4) is 0 Å². The molecule has 2 rings (SSSR count). The van der Waals surface area contributed by atoms with Gasteiger partial charge in [0.2, 0.25) is 0 Å². The fraction of sp³-hybridized carbons (Fsp3) is 0.111. The number of halogens is 1. The van der Waals surface area contributed by atoms with Crippen molar-refractivity contribution in [1.29, 1.82) is 0 Å². The summed E-state index contributed by atoms with van der Waals surface area (Å²) < 4.78 is 9.44. The number of ether oxygens (including phenoxy) is 2. The molecule has 26 heavy (non-hydrogen) atoms. The van der Waals surface area contributed by atoms with Gasteiger partial charge in [0, 0.05) is 12.3 Å². The first kappa shape index (κ1) is 19.1. The molecule has 1 amide bonds. The molecule has 0 atom stereocenters. The number of nitrogens with zero attached hydrogens (tertiary/aromatic N) is 1. The number of pyridine rings is 1. The molecule has 7 nitrogen and oxygen atoms in total. The van der Waals surface area contributed by atoms with Gasteiger partial charge in [-0.25, -0.2) is 14.6 Å². The lowest BCUT2D eigenvalue weighted by Gasteiger charge is -2.06. The normalized spacial score (nSPS) is 10.4. The van der Waals surface area contributed by atoms with Gasteiger partial charge in [-0.05, 0) is 35.9 Å². The zero-order chi connectivity index (χ0) is 18.9. The van der Waals surface area contributed by atoms with Gasteiger partial charge >= 0.3 is 11.9 Å². The molecule has 0 saturated heterocycles. The number of benzene rings is 1. The SMILES string of the molecule is COC(=O)c1ccc(/C=C/C(=O)OCC(=O)Nc2cccnc2Cl)cc1. The summed E-state index contributed by atoms with van der Waals surface area (Å²) in [5.74, 6) is -1.67. The predicted molar refractivity (Wildman–Crippen MR) is 95.7 cm³/mol. The van der Waals surface area contributed by atoms with E-state index in [-0.39, 0.29) is 5.15 Å². The number of rotatable bonds is 6. The Labute approximate surface area is 154 Å². The Bertz CT molecular complexity index is 834. The fourth-order valence-electron chi connectivity index (χ4n) is 1.86. The van der Waals surface area contributed by atoms with Crippen molar-refractivity contribution in [2.45, 2.75) is 0 Å². The topological polar surface area (TPSA) is 94.6 Å². The number of carbonyl (C=O) groups excluding carboxylic acids is 3. The largest absolute Gasteiger partial charge is 0.465 e. The van der Waals surface area contributed by atoms with Crippen LogP contribution in [0.25, 0.3) is 6.08 Å². The van der Waals surface area contributed by atoms with Gasteiger partial charge in [-0.3, -0.25) is 4.79 Å². The maximum Gasteiger partial charge on any atom is 0.337 e. The third kappa shape index (κ3) is 5.71. The van der Waals surface area contributed by atoms with Crippen molar-refractivity contribution >= 4 is 41.2 Å². The maximum absolute atomic E-state index is 11.7. The zero-order valence-corrected chi connectivity index (χ0v) is 14.5. The summed E-state index contributed by atoms with van der Waals surface area (Å²) in [5, 5.41) is 2.62. The van der Waals surface area contributed by atoms with E-state index in [0.717, 1.165) is 0 Å². The molecule has 0 fully saturated rings. The average molecular weight is 375 g/mol. The molecule has 134 valence electrons. The summed E-state index contributed by atoms with van der Waals surface area (Å²) in [5.41, 5.74) is 1.41. The quantitative estimate of drug-likeness (QED) is 0.474. The minimum absolute atomic E-state index is 0.141. The summed E-state index contributed by atoms with van der Waals surface area (Å²) in [7, 11) is 1.30. The molecule has 1 N–H and O–H groups in total. The molecule has 0 aliphatic rings. The van der Waals surface area contributed by atoms with E-state index in [4.69, 9.17) is 16.3 Å². The number of aromatic nitrogens is 1. The molecule has 2 aromatic rings. The third-order valence-electron chi connectivity index (χ3n) is 3.12. The highest BCUT2D eigenvalue weighted by molar-refractivity contribution is 6.32. The number of amides is 1. The van der Waals surface area contributed by atoms with Crippen LogP contribution in [0.5, 0.6) is 0 Å². The Balaban J connectivity index is 1.82. The van der Waals surface area contributed by atoms with Crippen LogP contribution in [0, 0.1) is 0 Å². The van der Waals surface area contributed by atoms with Gasteiger partial charge in [0.1, 0.15) is 0 Å². The van der Waals surface area contributed by atoms with Crippen molar-refractivity contribution in [3.05, 3.63) is 65.0 Å². The van der Waals surface area contributed by atoms with Crippen LogP contribution in [0.4, 0.5) is 5.69 Å². The predicted octanol–water partition coefficient (Wildman–Crippen LogP) is 2.72. The molecule has 1 aromatic heterocycles. The Morgan fingerprint density at radius 2 is 1.92 bits per heavy atom. The second-order valence-electron chi connectivity index (χ2n) is 4.94. The van der Waals surface area contributed by atoms with E-state index in [1.54, 1.807) is 36.4 Å². The smallest absolute Gasteiger partial charge is 0.337 e. The number of hydrogen-bond acceptors (Lipinski definition) is 6. The lowest BCUT2D eigenvalue weighted by molar-refractivity contribution is -0.142. The monoisotopic (exact) mass is 374 g/mol. The van der Waals surface area contributed by atoms with E-state index in [9.17, 15) is 14.4 Å². The fourth-order valence-corrected chi connectivity index (χ4v) is 2.03. The highest BCUT2D eigenvalue weighted by Crippen LogP contribution is 2.17. The van der Waals surface area contributed by atoms with E-state index in [0.29, 0.717) is 16.8 Å². The Kier molecular flexibility index (Phi) is 6.87. The van der Waals surface area contributed by atoms with Crippen molar-refractivity contribution in [1.82, 2.24) is 4.98 Å². The molecule has 1 heterocycles. The highest BCUT2D eigenvalue weighted by Gasteiger charge is 2.08. The Morgan fingerprint density at radius 3 is 2.58 bits per heavy atom. The van der Waals surface area contributed by atoms with Gasteiger partial charge < -0.3 is 14.8 Å². The molecular formula is C18H15ClN2O5. The van der Waals surface area contributed by atoms with E-state index in [1.165, 1.54) is 25.5 Å². The van der Waals surface area contributed by atoms with E-state index in [1.807, 2.05) is 0 Å². The van der Waals surface area contributed by atoms with Crippen LogP contribution >= 0.6 is 11.6 Å². The zero-order valence-electron chi connectivity index (χ0n) is 13.8. The van der Waals surface area contributed by atoms with E-state index in [2.05, 4.69) is 15.0 Å². The lowest BCUT2D eigenvalue weighted by Crippen LogP contribution is -2.20. The molecule has 0 spiro atoms. The van der Waals surface area contributed by atoms with Crippen molar-refractivity contribution in [3.63, 3.8) is 0 Å². The van der Waals surface area contributed by atoms with Crippen LogP contribution in [0.1, 0.15) is 15.9 Å². The standard InChI is InChI=1S/C18H15ClN2O5/c1-25-18(24)13-7-4-12(5-8-13)6-9-16(23)26-11-15(22)21-14-3-2-10-20-17(14)19/h2-10H,11H2,1H3,(H,21,22)/b9-6+. The van der Waals surface area contributed by atoms with Gasteiger partial charge in [-0.15, -0.1) is 0 Å². The van der Waals surface area contributed by atoms with Crippen LogP contribution in [0.15, 0.2) is 48.7 Å². The lowest BCUT2D eigenvalue weighted by atomic mass is 10.1. The number of methoxy groups -OCH3 is 1. The second-order valence-corrected chi connectivity index (χ2v) is 5.30. The van der Waals surface area contributed by atoms with Crippen LogP contribution in [0.2, 0.25) is 5.15 Å². The average Bonchev–Trinajstić information content (AvgIpc) is 2.66. The molecule has 0 aliphatic heterocycles. The number of esters is 2. The van der Waals surface area contributed by atoms with Gasteiger partial charge in [-0.2, -0.15) is 0 Å². The molecule has 0 radical (unpaired) electrons. The molecular weight excluding hydrogens is 360 g/mol. The van der Waals surface area contributed by atoms with Crippen LogP contribution in [-0.4, -0.2) is 36.5 Å². The highest BCUT2D eigenvalue weighted by atomic mass is 35.5. The first-order valence-corrected chi connectivity index (χ1v) is 7.81. The van der Waals surface area contributed by atoms with Gasteiger partial charge in [0.15, 0.2) is 11.8 Å². The van der Waals surface area contributed by atoms with Crippen molar-refractivity contribution in [2.75, 3.05) is 19.0 Å². The third-order valence-corrected chi connectivity index (χ3v) is 3.42. The van der Waals surface area contributed by atoms with Gasteiger partial charge in [0.25, 0.3) is 5.91 Å². The number of hydrogen-bond donors (Lipinski definition) is 1. The summed E-state index contributed by atoms with van der Waals surface area (Å²) in [6, 6.07) is 9.62. The number of nitrogens with one attached hydrogen (secondary N) is 1. The number of anilines is 1. The van der Waals surface area contributed by atoms with E-state index < -0.39 is 24.5 Å². The van der Waals surface area contributed by atoms with Crippen LogP contribution in [-0.2, 0) is 19.1 Å². The van der Waals surface area contributed by atoms with Crippen LogP contribution in [0.3, 0.4) is 0 Å². The summed E-state index contributed by atoms with van der Waals surface area (Å²) >= 11 is 5.81. The molecule has 0 unspecified atom stereocenters. The van der Waals surface area contributed by atoms with Gasteiger partial charge in [-0.1, -0.05) is 23.7 Å². The molecule has 0 saturated carbocycles. The van der Waals surface area contributed by atoms with Crippen LogP contribution < -0.4 is 5.32 Å². The first-order valence-electron chi connectivity index (χ1n) is 7.43. The first-order chi connectivity index (χ1) is 12.5. The summed E-state index contributed by atoms with van der Waals surface area (Å²) in [4.78, 5) is 38.5. The minimum Gasteiger partial charge on any atom is -0.465 e. The van der Waals surface area contributed by atoms with Crippen molar-refractivity contribution < 1.29 is 23.9 Å². The molecule has 1 aromatic carbocycles. The molecule has 0 bridgehead atoms. The van der Waals surface area contributed by atoms with Crippen molar-refractivity contribution in [2.24, 2.45) is 0 Å². The Hall–Kier alpha value is -3.19. The molecule has 0 aliphatic carbocycles. The van der Waals surface area contributed by atoms with E-state index >= 15 is 0 Å². The Morgan fingerprint density at radius 1 is 1.19 bits per heavy atom. The summed E-state index contributed by atoms with van der Waals surface area (Å²) in [6.45, 7) is -0.463. The summed E-state index contributed by atoms with van der Waals surface area (Å²) in [6.07, 6.45) is 4.16. The number of carbonyl (C=O) groups is 3. The minimum atomic E-state index is -0.686. The van der Waals surface area contributed by atoms with Gasteiger partial charge in [0.05, 0.1) is 18.4 Å². The maximum atomic E-state index is 11.7. The second kappa shape index (κ2) is 9.33.